The quantitative estimate of drug-likeness (QED) is 0.672. The van der Waals surface area contributed by atoms with Gasteiger partial charge in [-0.25, -0.2) is 23.1 Å². The van der Waals surface area contributed by atoms with Crippen LogP contribution < -0.4 is 10.6 Å². The predicted octanol–water partition coefficient (Wildman–Crippen LogP) is 4.69. The molecule has 2 aliphatic rings. The largest absolute Gasteiger partial charge is 0.381 e. The molecule has 30 heavy (non-hydrogen) atoms. The number of piperidine rings is 1. The zero-order valence-electron chi connectivity index (χ0n) is 16.4. The molecule has 2 fully saturated rings. The summed E-state index contributed by atoms with van der Waals surface area (Å²) in [4.78, 5) is 15.8. The molecule has 156 valence electrons. The van der Waals surface area contributed by atoms with Gasteiger partial charge in [0.2, 0.25) is 0 Å². The summed E-state index contributed by atoms with van der Waals surface area (Å²) in [5, 5.41) is 0. The Bertz CT molecular complexity index is 1090. The molecule has 1 atom stereocenters. The molecule has 1 aromatic carbocycles. The first-order chi connectivity index (χ1) is 14.5. The fraction of sp³-hybridized carbons (Fsp3) is 0.409. The minimum absolute atomic E-state index is 0.210. The Balaban J connectivity index is 1.36. The number of hydrogen-bond acceptors (Lipinski definition) is 5. The number of benzene rings is 1. The molecule has 8 heteroatoms. The minimum Gasteiger partial charge on any atom is -0.381 e. The number of aromatic nitrogens is 3. The van der Waals surface area contributed by atoms with Crippen LogP contribution in [0.2, 0.25) is 0 Å². The second-order valence-electron chi connectivity index (χ2n) is 8.16. The second-order valence-corrected chi connectivity index (χ2v) is 8.16. The Morgan fingerprint density at radius 1 is 1.03 bits per heavy atom. The van der Waals surface area contributed by atoms with Crippen LogP contribution in [0.5, 0.6) is 0 Å². The molecule has 1 saturated carbocycles. The third-order valence-electron chi connectivity index (χ3n) is 6.09. The van der Waals surface area contributed by atoms with Gasteiger partial charge in [-0.2, -0.15) is 0 Å². The second kappa shape index (κ2) is 7.41. The maximum absolute atomic E-state index is 14.9. The van der Waals surface area contributed by atoms with E-state index in [0.29, 0.717) is 43.5 Å². The van der Waals surface area contributed by atoms with E-state index in [4.69, 9.17) is 10.7 Å². The lowest BCUT2D eigenvalue weighted by Crippen LogP contribution is -2.36. The van der Waals surface area contributed by atoms with Gasteiger partial charge in [-0.15, -0.1) is 0 Å². The Labute approximate surface area is 172 Å². The van der Waals surface area contributed by atoms with E-state index < -0.39 is 23.7 Å². The summed E-state index contributed by atoms with van der Waals surface area (Å²) >= 11 is 0. The van der Waals surface area contributed by atoms with Gasteiger partial charge in [0.05, 0.1) is 11.2 Å². The third-order valence-corrected chi connectivity index (χ3v) is 6.09. The topological polar surface area (TPSA) is 67.9 Å². The molecule has 0 amide bonds. The highest BCUT2D eigenvalue weighted by atomic mass is 19.1. The van der Waals surface area contributed by atoms with Gasteiger partial charge in [-0.05, 0) is 55.9 Å². The number of fused-ring (bicyclic) bond motifs is 1. The molecule has 0 radical (unpaired) electrons. The first-order valence-electron chi connectivity index (χ1n) is 10.3. The third kappa shape index (κ3) is 3.44. The smallest absolute Gasteiger partial charge is 0.172 e. The van der Waals surface area contributed by atoms with Crippen molar-refractivity contribution < 1.29 is 13.2 Å². The zero-order valence-corrected chi connectivity index (χ0v) is 16.4. The molecule has 0 spiro atoms. The van der Waals surface area contributed by atoms with E-state index in [9.17, 15) is 13.2 Å². The summed E-state index contributed by atoms with van der Waals surface area (Å²) in [5.41, 5.74) is 8.44. The van der Waals surface area contributed by atoms with Crippen molar-refractivity contribution in [1.29, 1.82) is 0 Å². The number of rotatable bonds is 4. The monoisotopic (exact) mass is 413 g/mol. The number of nitrogens with zero attached hydrogens (tertiary/aromatic N) is 4. The fourth-order valence-electron chi connectivity index (χ4n) is 4.28. The molecule has 5 nitrogen and oxygen atoms in total. The van der Waals surface area contributed by atoms with Gasteiger partial charge in [-0.3, -0.25) is 4.98 Å². The van der Waals surface area contributed by atoms with Gasteiger partial charge in [0.25, 0.3) is 0 Å². The standard InChI is InChI=1S/C22H22F3N5/c23-14-3-4-16(24)15(11-14)18(25)12-6-9-30(10-7-12)22-21(26)28-17-5-8-27-19(13-1-2-13)20(17)29-22/h3-5,8,11-13,18H,1-2,6-7,9-10H2,(H2,26,28). The Morgan fingerprint density at radius 2 is 1.80 bits per heavy atom. The summed E-state index contributed by atoms with van der Waals surface area (Å²) < 4.78 is 42.4. The van der Waals surface area contributed by atoms with Crippen molar-refractivity contribution in [2.45, 2.75) is 37.8 Å². The van der Waals surface area contributed by atoms with Gasteiger partial charge in [-0.1, -0.05) is 0 Å². The fourth-order valence-corrected chi connectivity index (χ4v) is 4.28. The van der Waals surface area contributed by atoms with Crippen molar-refractivity contribution in [3.05, 3.63) is 53.4 Å². The van der Waals surface area contributed by atoms with Crippen LogP contribution in [-0.2, 0) is 0 Å². The van der Waals surface area contributed by atoms with Crippen molar-refractivity contribution in [1.82, 2.24) is 15.0 Å². The van der Waals surface area contributed by atoms with Crippen LogP contribution in [0, 0.1) is 17.6 Å². The summed E-state index contributed by atoms with van der Waals surface area (Å²) in [5.74, 6) is -0.388. The highest BCUT2D eigenvalue weighted by Gasteiger charge is 2.32. The molecular formula is C22H22F3N5. The zero-order chi connectivity index (χ0) is 20.8. The van der Waals surface area contributed by atoms with Gasteiger partial charge in [0.15, 0.2) is 11.6 Å². The van der Waals surface area contributed by atoms with E-state index in [1.165, 1.54) is 0 Å². The van der Waals surface area contributed by atoms with Gasteiger partial charge in [0, 0.05) is 30.8 Å². The molecule has 5 rings (SSSR count). The Morgan fingerprint density at radius 3 is 2.53 bits per heavy atom. The van der Waals surface area contributed by atoms with Gasteiger partial charge >= 0.3 is 0 Å². The van der Waals surface area contributed by atoms with Crippen LogP contribution in [0.4, 0.5) is 24.8 Å². The number of alkyl halides is 1. The van der Waals surface area contributed by atoms with Crippen LogP contribution in [0.3, 0.4) is 0 Å². The number of hydrogen-bond donors (Lipinski definition) is 1. The van der Waals surface area contributed by atoms with Crippen LogP contribution in [-0.4, -0.2) is 28.0 Å². The lowest BCUT2D eigenvalue weighted by atomic mass is 9.88. The SMILES string of the molecule is Nc1nc2ccnc(C3CC3)c2nc1N1CCC(C(F)c2cc(F)ccc2F)CC1. The van der Waals surface area contributed by atoms with Crippen molar-refractivity contribution in [3.8, 4) is 0 Å². The molecular weight excluding hydrogens is 391 g/mol. The molecule has 3 heterocycles. The van der Waals surface area contributed by atoms with Crippen molar-refractivity contribution >= 4 is 22.7 Å². The molecule has 2 N–H and O–H groups in total. The molecule has 1 aliphatic heterocycles. The minimum atomic E-state index is -1.55. The van der Waals surface area contributed by atoms with E-state index in [1.54, 1.807) is 6.20 Å². The maximum Gasteiger partial charge on any atom is 0.172 e. The number of nitrogens with two attached hydrogens (primary N) is 1. The lowest BCUT2D eigenvalue weighted by Gasteiger charge is -2.34. The first kappa shape index (κ1) is 19.1. The summed E-state index contributed by atoms with van der Waals surface area (Å²) in [6.45, 7) is 1.04. The highest BCUT2D eigenvalue weighted by Crippen LogP contribution is 2.42. The average Bonchev–Trinajstić information content (AvgIpc) is 3.59. The first-order valence-corrected chi connectivity index (χ1v) is 10.3. The number of pyridine rings is 1. The predicted molar refractivity (Wildman–Crippen MR) is 109 cm³/mol. The van der Waals surface area contributed by atoms with Crippen LogP contribution in [0.25, 0.3) is 11.0 Å². The highest BCUT2D eigenvalue weighted by molar-refractivity contribution is 5.82. The Hall–Kier alpha value is -2.90. The van der Waals surface area contributed by atoms with E-state index in [0.717, 1.165) is 47.8 Å². The number of halogens is 3. The molecule has 1 saturated heterocycles. The van der Waals surface area contributed by atoms with Gasteiger partial charge < -0.3 is 10.6 Å². The molecule has 3 aromatic rings. The maximum atomic E-state index is 14.9. The van der Waals surface area contributed by atoms with Gasteiger partial charge in [0.1, 0.15) is 23.3 Å². The molecule has 2 aromatic heterocycles. The number of nitrogen functional groups attached to an aromatic ring is 1. The summed E-state index contributed by atoms with van der Waals surface area (Å²) in [7, 11) is 0. The Kier molecular flexibility index (Phi) is 4.72. The van der Waals surface area contributed by atoms with Crippen LogP contribution >= 0.6 is 0 Å². The van der Waals surface area contributed by atoms with Crippen LogP contribution in [0.15, 0.2) is 30.5 Å². The molecule has 1 aliphatic carbocycles. The van der Waals surface area contributed by atoms with E-state index in [2.05, 4.69) is 9.97 Å². The van der Waals surface area contributed by atoms with Crippen molar-refractivity contribution in [2.75, 3.05) is 23.7 Å². The molecule has 1 unspecified atom stereocenters. The number of anilines is 2. The van der Waals surface area contributed by atoms with Crippen molar-refractivity contribution in [2.24, 2.45) is 5.92 Å². The van der Waals surface area contributed by atoms with E-state index in [-0.39, 0.29) is 5.56 Å². The summed E-state index contributed by atoms with van der Waals surface area (Å²) in [6.07, 6.45) is 3.37. The van der Waals surface area contributed by atoms with Crippen molar-refractivity contribution in [3.63, 3.8) is 0 Å². The van der Waals surface area contributed by atoms with E-state index in [1.807, 2.05) is 11.0 Å². The van der Waals surface area contributed by atoms with E-state index >= 15 is 0 Å². The summed E-state index contributed by atoms with van der Waals surface area (Å²) in [6, 6.07) is 4.73. The normalized spacial score (nSPS) is 18.7. The lowest BCUT2D eigenvalue weighted by molar-refractivity contribution is 0.193. The average molecular weight is 413 g/mol. The van der Waals surface area contributed by atoms with Crippen LogP contribution in [0.1, 0.15) is 49.0 Å². The molecule has 0 bridgehead atoms.